The van der Waals surface area contributed by atoms with Gasteiger partial charge in [-0.15, -0.1) is 0 Å². The van der Waals surface area contributed by atoms with Crippen LogP contribution >= 0.6 is 0 Å². The molecule has 7 nitrogen and oxygen atoms in total. The Balaban J connectivity index is 1.90. The maximum atomic E-state index is 13.2. The lowest BCUT2D eigenvalue weighted by atomic mass is 10.1. The number of rotatable bonds is 5. The topological polar surface area (TPSA) is 69.4 Å². The SMILES string of the molecule is COCCn1nc(C(=O)N2CCCCCC2c2cccn2C)ccc1=O. The number of likely N-dealkylation sites (tertiary alicyclic amines) is 1. The van der Waals surface area contributed by atoms with Crippen LogP contribution in [0.1, 0.15) is 47.9 Å². The summed E-state index contributed by atoms with van der Waals surface area (Å²) in [5, 5.41) is 4.28. The summed E-state index contributed by atoms with van der Waals surface area (Å²) in [4.78, 5) is 27.1. The van der Waals surface area contributed by atoms with Crippen LogP contribution in [0.25, 0.3) is 0 Å². The van der Waals surface area contributed by atoms with E-state index in [-0.39, 0.29) is 17.5 Å². The standard InChI is InChI=1S/C19H26N4O3/c1-21-11-6-8-16(21)17-7-4-3-5-12-22(17)19(25)15-9-10-18(24)23(20-15)13-14-26-2/h6,8-11,17H,3-5,7,12-14H2,1-2H3. The smallest absolute Gasteiger partial charge is 0.274 e. The molecule has 1 fully saturated rings. The van der Waals surface area contributed by atoms with Crippen LogP contribution in [0.15, 0.2) is 35.3 Å². The van der Waals surface area contributed by atoms with Crippen LogP contribution in [0.3, 0.4) is 0 Å². The number of carbonyl (C=O) groups excluding carboxylic acids is 1. The number of nitrogens with zero attached hydrogens (tertiary/aromatic N) is 4. The predicted octanol–water partition coefficient (Wildman–Crippen LogP) is 1.99. The molecule has 1 atom stereocenters. The number of hydrogen-bond acceptors (Lipinski definition) is 4. The largest absolute Gasteiger partial charge is 0.383 e. The second-order valence-electron chi connectivity index (χ2n) is 6.68. The molecule has 0 saturated carbocycles. The van der Waals surface area contributed by atoms with Gasteiger partial charge in [0.25, 0.3) is 11.5 Å². The predicted molar refractivity (Wildman–Crippen MR) is 98.0 cm³/mol. The number of ether oxygens (including phenoxy) is 1. The van der Waals surface area contributed by atoms with Gasteiger partial charge in [-0.2, -0.15) is 5.10 Å². The molecule has 0 aromatic carbocycles. The third-order valence-corrected chi connectivity index (χ3v) is 4.93. The van der Waals surface area contributed by atoms with Gasteiger partial charge in [-0.25, -0.2) is 4.68 Å². The van der Waals surface area contributed by atoms with Gasteiger partial charge < -0.3 is 14.2 Å². The van der Waals surface area contributed by atoms with Crippen LogP contribution in [0.5, 0.6) is 0 Å². The lowest BCUT2D eigenvalue weighted by molar-refractivity contribution is 0.0664. The zero-order valence-electron chi connectivity index (χ0n) is 15.4. The van der Waals surface area contributed by atoms with Crippen molar-refractivity contribution in [3.8, 4) is 0 Å². The van der Waals surface area contributed by atoms with Crippen LogP contribution in [-0.4, -0.2) is 45.4 Å². The molecule has 0 bridgehead atoms. The van der Waals surface area contributed by atoms with Crippen molar-refractivity contribution in [3.63, 3.8) is 0 Å². The van der Waals surface area contributed by atoms with Gasteiger partial charge in [0.2, 0.25) is 0 Å². The van der Waals surface area contributed by atoms with E-state index < -0.39 is 0 Å². The van der Waals surface area contributed by atoms with E-state index in [1.165, 1.54) is 16.8 Å². The summed E-state index contributed by atoms with van der Waals surface area (Å²) >= 11 is 0. The monoisotopic (exact) mass is 358 g/mol. The Morgan fingerprint density at radius 1 is 1.27 bits per heavy atom. The zero-order chi connectivity index (χ0) is 18.5. The molecule has 7 heteroatoms. The van der Waals surface area contributed by atoms with Crippen molar-refractivity contribution >= 4 is 5.91 Å². The van der Waals surface area contributed by atoms with Crippen molar-refractivity contribution in [2.75, 3.05) is 20.3 Å². The molecule has 2 aromatic rings. The maximum Gasteiger partial charge on any atom is 0.274 e. The van der Waals surface area contributed by atoms with Gasteiger partial charge in [-0.05, 0) is 31.0 Å². The number of hydrogen-bond donors (Lipinski definition) is 0. The Hall–Kier alpha value is -2.41. The molecule has 140 valence electrons. The van der Waals surface area contributed by atoms with Gasteiger partial charge in [0, 0.05) is 38.7 Å². The second kappa shape index (κ2) is 8.31. The third kappa shape index (κ3) is 3.88. The molecule has 1 aliphatic heterocycles. The Bertz CT molecular complexity index is 811. The summed E-state index contributed by atoms with van der Waals surface area (Å²) in [6.07, 6.45) is 6.14. The van der Waals surface area contributed by atoms with E-state index in [1.54, 1.807) is 7.11 Å². The molecule has 1 aliphatic rings. The molecule has 26 heavy (non-hydrogen) atoms. The first kappa shape index (κ1) is 18.4. The van der Waals surface area contributed by atoms with Gasteiger partial charge in [0.15, 0.2) is 0 Å². The Morgan fingerprint density at radius 2 is 2.12 bits per heavy atom. The average molecular weight is 358 g/mol. The molecule has 0 N–H and O–H groups in total. The quantitative estimate of drug-likeness (QED) is 0.820. The highest BCUT2D eigenvalue weighted by Crippen LogP contribution is 2.31. The van der Waals surface area contributed by atoms with Crippen molar-refractivity contribution in [1.82, 2.24) is 19.2 Å². The summed E-state index contributed by atoms with van der Waals surface area (Å²) in [6.45, 7) is 1.41. The molecule has 0 spiro atoms. The fourth-order valence-electron chi connectivity index (χ4n) is 3.53. The lowest BCUT2D eigenvalue weighted by Gasteiger charge is -2.30. The van der Waals surface area contributed by atoms with Crippen LogP contribution in [-0.2, 0) is 18.3 Å². The van der Waals surface area contributed by atoms with E-state index in [0.717, 1.165) is 31.4 Å². The molecule has 0 radical (unpaired) electrons. The molecular formula is C19H26N4O3. The Labute approximate surface area is 153 Å². The molecule has 1 unspecified atom stereocenters. The van der Waals surface area contributed by atoms with Gasteiger partial charge in [0.1, 0.15) is 5.69 Å². The Kier molecular flexibility index (Phi) is 5.88. The molecule has 1 saturated heterocycles. The van der Waals surface area contributed by atoms with Crippen molar-refractivity contribution in [3.05, 3.63) is 52.2 Å². The minimum absolute atomic E-state index is 0.0335. The van der Waals surface area contributed by atoms with E-state index in [4.69, 9.17) is 4.74 Å². The maximum absolute atomic E-state index is 13.2. The van der Waals surface area contributed by atoms with Crippen LogP contribution < -0.4 is 5.56 Å². The lowest BCUT2D eigenvalue weighted by Crippen LogP contribution is -2.37. The number of methoxy groups -OCH3 is 1. The van der Waals surface area contributed by atoms with E-state index in [9.17, 15) is 9.59 Å². The summed E-state index contributed by atoms with van der Waals surface area (Å²) in [5.74, 6) is -0.121. The first-order valence-corrected chi connectivity index (χ1v) is 9.11. The molecule has 3 rings (SSSR count). The molecule has 1 amide bonds. The van der Waals surface area contributed by atoms with Gasteiger partial charge in [-0.3, -0.25) is 9.59 Å². The van der Waals surface area contributed by atoms with Gasteiger partial charge in [-0.1, -0.05) is 12.8 Å². The minimum atomic E-state index is -0.228. The van der Waals surface area contributed by atoms with Crippen LogP contribution in [0.2, 0.25) is 0 Å². The van der Waals surface area contributed by atoms with E-state index >= 15 is 0 Å². The fourth-order valence-corrected chi connectivity index (χ4v) is 3.53. The number of aryl methyl sites for hydroxylation is 1. The first-order chi connectivity index (χ1) is 12.6. The zero-order valence-corrected chi connectivity index (χ0v) is 15.4. The van der Waals surface area contributed by atoms with Crippen molar-refractivity contribution in [1.29, 1.82) is 0 Å². The van der Waals surface area contributed by atoms with E-state index in [1.807, 2.05) is 24.2 Å². The van der Waals surface area contributed by atoms with Gasteiger partial charge >= 0.3 is 0 Å². The third-order valence-electron chi connectivity index (χ3n) is 4.93. The molecule has 3 heterocycles. The van der Waals surface area contributed by atoms with Gasteiger partial charge in [0.05, 0.1) is 19.2 Å². The molecule has 2 aromatic heterocycles. The number of aromatic nitrogens is 3. The fraction of sp³-hybridized carbons (Fsp3) is 0.526. The van der Waals surface area contributed by atoms with Crippen molar-refractivity contribution in [2.24, 2.45) is 7.05 Å². The number of amides is 1. The summed E-state index contributed by atoms with van der Waals surface area (Å²) < 4.78 is 8.39. The summed E-state index contributed by atoms with van der Waals surface area (Å²) in [5.41, 5.74) is 1.21. The van der Waals surface area contributed by atoms with E-state index in [2.05, 4.69) is 15.7 Å². The normalized spacial score (nSPS) is 17.9. The highest BCUT2D eigenvalue weighted by molar-refractivity contribution is 5.92. The summed E-state index contributed by atoms with van der Waals surface area (Å²) in [6, 6.07) is 7.05. The minimum Gasteiger partial charge on any atom is -0.383 e. The van der Waals surface area contributed by atoms with Crippen molar-refractivity contribution in [2.45, 2.75) is 38.3 Å². The van der Waals surface area contributed by atoms with Crippen molar-refractivity contribution < 1.29 is 9.53 Å². The highest BCUT2D eigenvalue weighted by Gasteiger charge is 2.29. The Morgan fingerprint density at radius 3 is 2.85 bits per heavy atom. The molecule has 0 aliphatic carbocycles. The van der Waals surface area contributed by atoms with Crippen LogP contribution in [0.4, 0.5) is 0 Å². The number of carbonyl (C=O) groups is 1. The van der Waals surface area contributed by atoms with E-state index in [0.29, 0.717) is 25.4 Å². The second-order valence-corrected chi connectivity index (χ2v) is 6.68. The summed E-state index contributed by atoms with van der Waals surface area (Å²) in [7, 11) is 3.58. The molecular weight excluding hydrogens is 332 g/mol. The highest BCUT2D eigenvalue weighted by atomic mass is 16.5. The first-order valence-electron chi connectivity index (χ1n) is 9.11. The van der Waals surface area contributed by atoms with Crippen LogP contribution in [0, 0.1) is 0 Å². The average Bonchev–Trinajstić information content (AvgIpc) is 2.92.